The number of thiazole rings is 2. The second kappa shape index (κ2) is 7.19. The van der Waals surface area contributed by atoms with E-state index < -0.39 is 0 Å². The van der Waals surface area contributed by atoms with Gasteiger partial charge in [-0.25, -0.2) is 9.97 Å². The molecule has 0 aliphatic rings. The van der Waals surface area contributed by atoms with Crippen LogP contribution in [0.3, 0.4) is 0 Å². The summed E-state index contributed by atoms with van der Waals surface area (Å²) in [6.45, 7) is 0. The fourth-order valence-corrected chi connectivity index (χ4v) is 5.16. The summed E-state index contributed by atoms with van der Waals surface area (Å²) in [5, 5.41) is 1.93. The zero-order valence-electron chi connectivity index (χ0n) is 15.1. The molecular formula is C23H16N2OS2. The molecule has 0 aliphatic heterocycles. The molecular weight excluding hydrogens is 384 g/mol. The van der Waals surface area contributed by atoms with Gasteiger partial charge in [-0.3, -0.25) is 0 Å². The second-order valence-electron chi connectivity index (χ2n) is 6.27. The maximum Gasteiger partial charge on any atom is 0.127 e. The van der Waals surface area contributed by atoms with Crippen molar-refractivity contribution >= 4 is 54.8 Å². The molecule has 28 heavy (non-hydrogen) atoms. The van der Waals surface area contributed by atoms with Crippen LogP contribution in [0.5, 0.6) is 5.75 Å². The lowest BCUT2D eigenvalue weighted by molar-refractivity contribution is 0.414. The number of nitrogens with zero attached hydrogens (tertiary/aromatic N) is 2. The topological polar surface area (TPSA) is 35.0 Å². The number of fused-ring (bicyclic) bond motifs is 2. The molecule has 0 N–H and O–H groups in total. The highest BCUT2D eigenvalue weighted by Gasteiger charge is 2.16. The van der Waals surface area contributed by atoms with Crippen molar-refractivity contribution in [1.29, 1.82) is 0 Å². The normalized spacial score (nSPS) is 11.0. The molecule has 0 spiro atoms. The van der Waals surface area contributed by atoms with Crippen molar-refractivity contribution in [1.82, 2.24) is 9.97 Å². The van der Waals surface area contributed by atoms with E-state index in [9.17, 15) is 0 Å². The summed E-state index contributed by atoms with van der Waals surface area (Å²) >= 11 is 3.38. The van der Waals surface area contributed by atoms with Crippen LogP contribution in [0.2, 0.25) is 0 Å². The van der Waals surface area contributed by atoms with Crippen LogP contribution in [0.15, 0.2) is 72.8 Å². The third kappa shape index (κ3) is 3.09. The van der Waals surface area contributed by atoms with Crippen molar-refractivity contribution in [2.75, 3.05) is 7.11 Å². The van der Waals surface area contributed by atoms with Crippen LogP contribution in [0.1, 0.15) is 15.6 Å². The molecule has 0 fully saturated rings. The van der Waals surface area contributed by atoms with Gasteiger partial charge in [0.1, 0.15) is 15.8 Å². The average Bonchev–Trinajstić information content (AvgIpc) is 3.36. The third-order valence-electron chi connectivity index (χ3n) is 4.49. The van der Waals surface area contributed by atoms with Crippen LogP contribution in [0.25, 0.3) is 32.1 Å². The van der Waals surface area contributed by atoms with Gasteiger partial charge in [0.05, 0.1) is 27.5 Å². The molecule has 5 heteroatoms. The van der Waals surface area contributed by atoms with E-state index in [0.717, 1.165) is 37.9 Å². The maximum atomic E-state index is 5.56. The van der Waals surface area contributed by atoms with E-state index in [1.165, 1.54) is 9.40 Å². The molecule has 2 aromatic heterocycles. The van der Waals surface area contributed by atoms with Gasteiger partial charge in [-0.15, -0.1) is 22.7 Å². The Bertz CT molecular complexity index is 1170. The van der Waals surface area contributed by atoms with Crippen LogP contribution in [-0.4, -0.2) is 17.1 Å². The molecule has 0 unspecified atom stereocenters. The molecule has 136 valence electrons. The van der Waals surface area contributed by atoms with Crippen LogP contribution in [-0.2, 0) is 0 Å². The number of benzene rings is 3. The first-order valence-corrected chi connectivity index (χ1v) is 10.5. The molecule has 0 amide bonds. The van der Waals surface area contributed by atoms with Gasteiger partial charge in [0.2, 0.25) is 0 Å². The number of hydrogen-bond donors (Lipinski definition) is 0. The van der Waals surface area contributed by atoms with E-state index in [0.29, 0.717) is 0 Å². The first kappa shape index (κ1) is 17.1. The summed E-state index contributed by atoms with van der Waals surface area (Å²) in [5.41, 5.74) is 4.05. The fourth-order valence-electron chi connectivity index (χ4n) is 3.13. The molecule has 3 aromatic carbocycles. The smallest absolute Gasteiger partial charge is 0.127 e. The van der Waals surface area contributed by atoms with Crippen molar-refractivity contribution in [3.05, 3.63) is 88.4 Å². The van der Waals surface area contributed by atoms with Gasteiger partial charge in [-0.05, 0) is 36.4 Å². The highest BCUT2D eigenvalue weighted by molar-refractivity contribution is 7.22. The molecule has 3 nitrogen and oxygen atoms in total. The van der Waals surface area contributed by atoms with Gasteiger partial charge in [-0.2, -0.15) is 0 Å². The Morgan fingerprint density at radius 3 is 1.86 bits per heavy atom. The van der Waals surface area contributed by atoms with Crippen molar-refractivity contribution in [2.24, 2.45) is 0 Å². The monoisotopic (exact) mass is 400 g/mol. The molecule has 0 aliphatic carbocycles. The van der Waals surface area contributed by atoms with Crippen LogP contribution < -0.4 is 4.74 Å². The SMILES string of the molecule is COc1ccccc1C=C(c1nc2ccccc2s1)c1nc2ccccc2s1. The standard InChI is InChI=1S/C23H16N2OS2/c1-26-19-11-5-2-8-15(19)14-16(22-24-17-9-3-6-12-20(17)27-22)23-25-18-10-4-7-13-21(18)28-23/h2-14H,1H3. The molecule has 0 bridgehead atoms. The van der Waals surface area contributed by atoms with E-state index in [-0.39, 0.29) is 0 Å². The summed E-state index contributed by atoms with van der Waals surface area (Å²) in [6, 6.07) is 24.5. The van der Waals surface area contributed by atoms with E-state index in [2.05, 4.69) is 36.4 Å². The predicted octanol–water partition coefficient (Wildman–Crippen LogP) is 6.50. The fraction of sp³-hybridized carbons (Fsp3) is 0.0435. The van der Waals surface area contributed by atoms with Crippen molar-refractivity contribution in [3.63, 3.8) is 0 Å². The van der Waals surface area contributed by atoms with Crippen molar-refractivity contribution in [2.45, 2.75) is 0 Å². The Balaban J connectivity index is 1.74. The number of hydrogen-bond acceptors (Lipinski definition) is 5. The van der Waals surface area contributed by atoms with Crippen molar-refractivity contribution in [3.8, 4) is 5.75 Å². The Kier molecular flexibility index (Phi) is 4.39. The zero-order valence-corrected chi connectivity index (χ0v) is 16.8. The Morgan fingerprint density at radius 1 is 0.750 bits per heavy atom. The highest BCUT2D eigenvalue weighted by atomic mass is 32.1. The van der Waals surface area contributed by atoms with E-state index in [1.54, 1.807) is 29.8 Å². The minimum Gasteiger partial charge on any atom is -0.496 e. The summed E-state index contributed by atoms with van der Waals surface area (Å²) < 4.78 is 7.90. The lowest BCUT2D eigenvalue weighted by atomic mass is 10.1. The van der Waals surface area contributed by atoms with Gasteiger partial charge in [0, 0.05) is 11.1 Å². The summed E-state index contributed by atoms with van der Waals surface area (Å²) in [6.07, 6.45) is 2.13. The maximum absolute atomic E-state index is 5.56. The Morgan fingerprint density at radius 2 is 1.29 bits per heavy atom. The van der Waals surface area contributed by atoms with Gasteiger partial charge < -0.3 is 4.74 Å². The second-order valence-corrected chi connectivity index (χ2v) is 8.33. The molecule has 0 saturated carbocycles. The molecule has 5 rings (SSSR count). The quantitative estimate of drug-likeness (QED) is 0.345. The van der Waals surface area contributed by atoms with Gasteiger partial charge in [0.15, 0.2) is 0 Å². The number of para-hydroxylation sites is 3. The minimum absolute atomic E-state index is 0.835. The average molecular weight is 401 g/mol. The predicted molar refractivity (Wildman–Crippen MR) is 119 cm³/mol. The van der Waals surface area contributed by atoms with Crippen LogP contribution in [0, 0.1) is 0 Å². The van der Waals surface area contributed by atoms with Crippen LogP contribution >= 0.6 is 22.7 Å². The van der Waals surface area contributed by atoms with Gasteiger partial charge in [-0.1, -0.05) is 42.5 Å². The number of aromatic nitrogens is 2. The summed E-state index contributed by atoms with van der Waals surface area (Å²) in [5.74, 6) is 0.835. The first-order valence-electron chi connectivity index (χ1n) is 8.88. The molecule has 2 heterocycles. The lowest BCUT2D eigenvalue weighted by Gasteiger charge is -2.06. The number of ether oxygens (including phenoxy) is 1. The first-order chi connectivity index (χ1) is 13.8. The summed E-state index contributed by atoms with van der Waals surface area (Å²) in [4.78, 5) is 9.77. The third-order valence-corrected chi connectivity index (χ3v) is 6.63. The van der Waals surface area contributed by atoms with E-state index in [4.69, 9.17) is 14.7 Å². The molecule has 0 saturated heterocycles. The van der Waals surface area contributed by atoms with Gasteiger partial charge in [0.25, 0.3) is 0 Å². The van der Waals surface area contributed by atoms with Crippen LogP contribution in [0.4, 0.5) is 0 Å². The molecule has 0 atom stereocenters. The number of rotatable bonds is 4. The zero-order chi connectivity index (χ0) is 18.9. The Hall–Kier alpha value is -3.02. The molecule has 0 radical (unpaired) electrons. The lowest BCUT2D eigenvalue weighted by Crippen LogP contribution is -1.90. The Labute approximate surface area is 170 Å². The molecule has 5 aromatic rings. The van der Waals surface area contributed by atoms with E-state index >= 15 is 0 Å². The summed E-state index contributed by atoms with van der Waals surface area (Å²) in [7, 11) is 1.70. The minimum atomic E-state index is 0.835. The van der Waals surface area contributed by atoms with Crippen molar-refractivity contribution < 1.29 is 4.74 Å². The number of methoxy groups -OCH3 is 1. The van der Waals surface area contributed by atoms with E-state index in [1.807, 2.05) is 42.5 Å². The van der Waals surface area contributed by atoms with Gasteiger partial charge >= 0.3 is 0 Å². The highest BCUT2D eigenvalue weighted by Crippen LogP contribution is 2.37. The largest absolute Gasteiger partial charge is 0.496 e.